The van der Waals surface area contributed by atoms with Crippen molar-refractivity contribution in [2.24, 2.45) is 0 Å². The van der Waals surface area contributed by atoms with Crippen molar-refractivity contribution in [1.82, 2.24) is 4.90 Å². The second kappa shape index (κ2) is 8.02. The van der Waals surface area contributed by atoms with E-state index in [1.807, 2.05) is 0 Å². The molecule has 0 heterocycles. The van der Waals surface area contributed by atoms with Crippen molar-refractivity contribution in [3.05, 3.63) is 0 Å². The monoisotopic (exact) mass is 280 g/mol. The van der Waals surface area contributed by atoms with Crippen LogP contribution < -0.4 is 5.11 Å². The van der Waals surface area contributed by atoms with Gasteiger partial charge in [0.15, 0.2) is 0 Å². The first kappa shape index (κ1) is 17.7. The van der Waals surface area contributed by atoms with Crippen LogP contribution in [-0.4, -0.2) is 88.9 Å². The number of aliphatic hydroxyl groups excluding tert-OH is 4. The minimum absolute atomic E-state index is 0.0486. The molecule has 0 aromatic rings. The molecule has 0 saturated carbocycles. The van der Waals surface area contributed by atoms with Gasteiger partial charge in [-0.1, -0.05) is 0 Å². The summed E-state index contributed by atoms with van der Waals surface area (Å²) in [6.07, 6.45) is -8.26. The lowest BCUT2D eigenvalue weighted by atomic mass is 10.0. The molecule has 0 aliphatic rings. The van der Waals surface area contributed by atoms with Gasteiger partial charge in [0.2, 0.25) is 0 Å². The molecule has 0 aliphatic heterocycles. The molecular formula is C10H18NO8-. The fraction of sp³-hybridized carbons (Fsp3) is 0.800. The molecule has 112 valence electrons. The molecule has 4 atom stereocenters. The van der Waals surface area contributed by atoms with Crippen molar-refractivity contribution in [2.75, 3.05) is 27.2 Å². The Morgan fingerprint density at radius 2 is 1.68 bits per heavy atom. The Hall–Kier alpha value is -1.26. The Labute approximate surface area is 109 Å². The summed E-state index contributed by atoms with van der Waals surface area (Å²) >= 11 is 0. The molecule has 9 heteroatoms. The van der Waals surface area contributed by atoms with E-state index in [1.54, 1.807) is 14.1 Å². The summed E-state index contributed by atoms with van der Waals surface area (Å²) in [4.78, 5) is 22.9. The van der Waals surface area contributed by atoms with Crippen molar-refractivity contribution in [2.45, 2.75) is 24.4 Å². The van der Waals surface area contributed by atoms with Crippen molar-refractivity contribution in [1.29, 1.82) is 0 Å². The van der Waals surface area contributed by atoms with Gasteiger partial charge in [-0.3, -0.25) is 9.69 Å². The SMILES string of the molecule is CN(C)CC(=O)OC[C@@H](O)[C@@H](O)[C@H](O)[C@@H](O)C(=O)[O-]. The van der Waals surface area contributed by atoms with Crippen LogP contribution in [0.5, 0.6) is 0 Å². The summed E-state index contributed by atoms with van der Waals surface area (Å²) in [7, 11) is 3.24. The summed E-state index contributed by atoms with van der Waals surface area (Å²) in [5.41, 5.74) is 0. The summed E-state index contributed by atoms with van der Waals surface area (Å²) in [5.74, 6) is -2.67. The Morgan fingerprint density at radius 1 is 1.16 bits per heavy atom. The molecule has 0 saturated heterocycles. The maximum Gasteiger partial charge on any atom is 0.320 e. The topological polar surface area (TPSA) is 151 Å². The molecule has 0 radical (unpaired) electrons. The van der Waals surface area contributed by atoms with Gasteiger partial charge in [0.05, 0.1) is 12.5 Å². The summed E-state index contributed by atoms with van der Waals surface area (Å²) in [6, 6.07) is 0. The molecule has 0 aromatic carbocycles. The third kappa shape index (κ3) is 6.45. The van der Waals surface area contributed by atoms with E-state index in [1.165, 1.54) is 4.90 Å². The van der Waals surface area contributed by atoms with Crippen molar-refractivity contribution >= 4 is 11.9 Å². The number of esters is 1. The summed E-state index contributed by atoms with van der Waals surface area (Å²) in [6.45, 7) is -0.697. The Morgan fingerprint density at radius 3 is 2.11 bits per heavy atom. The van der Waals surface area contributed by atoms with Gasteiger partial charge < -0.3 is 35.1 Å². The van der Waals surface area contributed by atoms with Crippen molar-refractivity contribution in [3.63, 3.8) is 0 Å². The Balaban J connectivity index is 4.23. The fourth-order valence-corrected chi connectivity index (χ4v) is 1.13. The van der Waals surface area contributed by atoms with Gasteiger partial charge in [0.1, 0.15) is 31.0 Å². The number of aliphatic hydroxyl groups is 4. The van der Waals surface area contributed by atoms with E-state index >= 15 is 0 Å². The van der Waals surface area contributed by atoms with E-state index in [0.29, 0.717) is 0 Å². The number of hydrogen-bond donors (Lipinski definition) is 4. The zero-order valence-electron chi connectivity index (χ0n) is 10.6. The highest BCUT2D eigenvalue weighted by molar-refractivity contribution is 5.71. The first-order chi connectivity index (χ1) is 8.66. The van der Waals surface area contributed by atoms with E-state index in [2.05, 4.69) is 4.74 Å². The molecule has 0 unspecified atom stereocenters. The molecule has 0 aromatic heterocycles. The second-order valence-electron chi connectivity index (χ2n) is 4.23. The summed E-state index contributed by atoms with van der Waals surface area (Å²) < 4.78 is 4.58. The zero-order chi connectivity index (χ0) is 15.2. The van der Waals surface area contributed by atoms with Gasteiger partial charge in [-0.2, -0.15) is 0 Å². The minimum Gasteiger partial charge on any atom is -0.547 e. The number of ether oxygens (including phenoxy) is 1. The van der Waals surface area contributed by atoms with Crippen molar-refractivity contribution < 1.29 is 39.9 Å². The molecule has 0 aliphatic carbocycles. The van der Waals surface area contributed by atoms with E-state index in [-0.39, 0.29) is 6.54 Å². The first-order valence-corrected chi connectivity index (χ1v) is 5.40. The van der Waals surface area contributed by atoms with Gasteiger partial charge in [-0.25, -0.2) is 0 Å². The lowest BCUT2D eigenvalue weighted by molar-refractivity contribution is -0.320. The summed E-state index contributed by atoms with van der Waals surface area (Å²) in [5, 5.41) is 47.1. The lowest BCUT2D eigenvalue weighted by Gasteiger charge is -2.26. The fourth-order valence-electron chi connectivity index (χ4n) is 1.13. The predicted molar refractivity (Wildman–Crippen MR) is 58.5 cm³/mol. The number of carbonyl (C=O) groups is 2. The number of carboxylic acids is 1. The van der Waals surface area contributed by atoms with E-state index in [0.717, 1.165) is 0 Å². The third-order valence-electron chi connectivity index (χ3n) is 2.17. The molecule has 9 nitrogen and oxygen atoms in total. The van der Waals surface area contributed by atoms with Crippen LogP contribution in [0.1, 0.15) is 0 Å². The van der Waals surface area contributed by atoms with Crippen LogP contribution in [0.4, 0.5) is 0 Å². The standard InChI is InChI=1S/C10H19NO8/c1-11(2)3-6(13)19-4-5(12)7(14)8(15)9(16)10(17)18/h5,7-9,12,14-16H,3-4H2,1-2H3,(H,17,18)/p-1/t5-,7-,8+,9-/m1/s1. The number of rotatable bonds is 8. The normalized spacial score (nSPS) is 17.6. The van der Waals surface area contributed by atoms with Gasteiger partial charge >= 0.3 is 5.97 Å². The van der Waals surface area contributed by atoms with Crippen LogP contribution in [0, 0.1) is 0 Å². The molecule has 0 fully saturated rings. The van der Waals surface area contributed by atoms with Gasteiger partial charge in [0.25, 0.3) is 0 Å². The molecule has 0 bridgehead atoms. The molecule has 0 amide bonds. The zero-order valence-corrected chi connectivity index (χ0v) is 10.6. The van der Waals surface area contributed by atoms with E-state index in [9.17, 15) is 30.0 Å². The Kier molecular flexibility index (Phi) is 7.49. The minimum atomic E-state index is -2.36. The smallest absolute Gasteiger partial charge is 0.320 e. The number of aliphatic carboxylic acids is 1. The van der Waals surface area contributed by atoms with E-state index in [4.69, 9.17) is 5.11 Å². The molecule has 0 spiro atoms. The molecule has 0 rings (SSSR count). The van der Waals surface area contributed by atoms with Crippen LogP contribution in [0.15, 0.2) is 0 Å². The predicted octanol–water partition coefficient (Wildman–Crippen LogP) is -4.72. The molecular weight excluding hydrogens is 262 g/mol. The highest BCUT2D eigenvalue weighted by Crippen LogP contribution is 2.05. The second-order valence-corrected chi connectivity index (χ2v) is 4.23. The van der Waals surface area contributed by atoms with Gasteiger partial charge in [-0.05, 0) is 14.1 Å². The average molecular weight is 280 g/mol. The van der Waals surface area contributed by atoms with E-state index < -0.39 is 43.0 Å². The molecule has 19 heavy (non-hydrogen) atoms. The highest BCUT2D eigenvalue weighted by Gasteiger charge is 2.31. The van der Waals surface area contributed by atoms with Gasteiger partial charge in [-0.15, -0.1) is 0 Å². The number of likely N-dealkylation sites (N-methyl/N-ethyl adjacent to an activating group) is 1. The van der Waals surface area contributed by atoms with Crippen LogP contribution in [-0.2, 0) is 14.3 Å². The van der Waals surface area contributed by atoms with Crippen molar-refractivity contribution in [3.8, 4) is 0 Å². The van der Waals surface area contributed by atoms with Crippen LogP contribution in [0.3, 0.4) is 0 Å². The maximum atomic E-state index is 11.1. The third-order valence-corrected chi connectivity index (χ3v) is 2.17. The lowest BCUT2D eigenvalue weighted by Crippen LogP contribution is -2.52. The van der Waals surface area contributed by atoms with Gasteiger partial charge in [0, 0.05) is 0 Å². The number of carbonyl (C=O) groups excluding carboxylic acids is 2. The number of nitrogens with zero attached hydrogens (tertiary/aromatic N) is 1. The Bertz CT molecular complexity index is 308. The van der Waals surface area contributed by atoms with Crippen LogP contribution in [0.2, 0.25) is 0 Å². The number of hydrogen-bond acceptors (Lipinski definition) is 9. The van der Waals surface area contributed by atoms with Crippen LogP contribution >= 0.6 is 0 Å². The largest absolute Gasteiger partial charge is 0.547 e. The highest BCUT2D eigenvalue weighted by atomic mass is 16.5. The maximum absolute atomic E-state index is 11.1. The average Bonchev–Trinajstić information content (AvgIpc) is 2.32. The van der Waals surface area contributed by atoms with Crippen LogP contribution in [0.25, 0.3) is 0 Å². The number of carboxylic acid groups (broad SMARTS) is 1. The quantitative estimate of drug-likeness (QED) is 0.321. The molecule has 4 N–H and O–H groups in total. The first-order valence-electron chi connectivity index (χ1n) is 5.40.